The molecule has 0 atom stereocenters. The van der Waals surface area contributed by atoms with Crippen LogP contribution in [0.25, 0.3) is 0 Å². The van der Waals surface area contributed by atoms with E-state index in [-0.39, 0.29) is 23.6 Å². The summed E-state index contributed by atoms with van der Waals surface area (Å²) in [5, 5.41) is 0. The number of esters is 1. The number of carbonyl (C=O) groups is 1. The van der Waals surface area contributed by atoms with Crippen LogP contribution in [0, 0.1) is 0 Å². The second kappa shape index (κ2) is 4.73. The van der Waals surface area contributed by atoms with Crippen LogP contribution in [0.5, 0.6) is 0 Å². The van der Waals surface area contributed by atoms with Crippen LogP contribution in [-0.4, -0.2) is 18.1 Å². The Hall–Kier alpha value is -1.92. The molecule has 1 aromatic heterocycles. The fraction of sp³-hybridized carbons (Fsp3) is 0.333. The zero-order valence-corrected chi connectivity index (χ0v) is 8.54. The van der Waals surface area contributed by atoms with E-state index < -0.39 is 18.0 Å². The van der Waals surface area contributed by atoms with Crippen molar-refractivity contribution in [1.82, 2.24) is 4.98 Å². The van der Waals surface area contributed by atoms with Gasteiger partial charge in [-0.2, -0.15) is 0 Å². The van der Waals surface area contributed by atoms with Gasteiger partial charge in [-0.05, 0) is 6.07 Å². The molecule has 16 heavy (non-hydrogen) atoms. The van der Waals surface area contributed by atoms with E-state index in [4.69, 9.17) is 11.5 Å². The molecule has 1 heterocycles. The van der Waals surface area contributed by atoms with E-state index in [0.717, 1.165) is 13.2 Å². The van der Waals surface area contributed by atoms with E-state index >= 15 is 0 Å². The second-order valence-electron chi connectivity index (χ2n) is 3.05. The van der Waals surface area contributed by atoms with Gasteiger partial charge in [0.25, 0.3) is 6.43 Å². The maximum absolute atomic E-state index is 12.7. The lowest BCUT2D eigenvalue weighted by molar-refractivity contribution is -0.139. The number of rotatable bonds is 3. The molecule has 0 aliphatic carbocycles. The zero-order valence-electron chi connectivity index (χ0n) is 8.54. The van der Waals surface area contributed by atoms with E-state index in [1.807, 2.05) is 0 Å². The van der Waals surface area contributed by atoms with E-state index in [2.05, 4.69) is 9.72 Å². The lowest BCUT2D eigenvalue weighted by Gasteiger charge is -2.11. The van der Waals surface area contributed by atoms with Gasteiger partial charge in [0.05, 0.1) is 13.5 Å². The van der Waals surface area contributed by atoms with Gasteiger partial charge in [-0.1, -0.05) is 0 Å². The minimum atomic E-state index is -2.77. The maximum Gasteiger partial charge on any atom is 0.310 e. The Morgan fingerprint density at radius 2 is 2.19 bits per heavy atom. The molecule has 0 bridgehead atoms. The molecule has 88 valence electrons. The predicted molar refractivity (Wildman–Crippen MR) is 53.7 cm³/mol. The number of carbonyl (C=O) groups excluding carboxylic acids is 1. The quantitative estimate of drug-likeness (QED) is 0.754. The van der Waals surface area contributed by atoms with Crippen LogP contribution in [-0.2, 0) is 16.0 Å². The molecule has 1 rings (SSSR count). The molecule has 0 fully saturated rings. The lowest BCUT2D eigenvalue weighted by atomic mass is 10.1. The standard InChI is InChI=1S/C9H11F2N3O2/c1-16-7(15)3-5-4(8(10)11)2-6(12)14-9(5)13/h2,8H,3H2,1H3,(H4,12,13,14). The number of anilines is 2. The Bertz CT molecular complexity index is 410. The third-order valence-electron chi connectivity index (χ3n) is 1.99. The SMILES string of the molecule is COC(=O)Cc1c(C(F)F)cc(N)nc1N. The van der Waals surface area contributed by atoms with Crippen LogP contribution < -0.4 is 11.5 Å². The molecule has 0 radical (unpaired) electrons. The Balaban J connectivity index is 3.19. The highest BCUT2D eigenvalue weighted by atomic mass is 19.3. The minimum absolute atomic E-state index is 0.0453. The van der Waals surface area contributed by atoms with Gasteiger partial charge < -0.3 is 16.2 Å². The summed E-state index contributed by atoms with van der Waals surface area (Å²) in [4.78, 5) is 14.6. The number of hydrogen-bond donors (Lipinski definition) is 2. The molecule has 0 aliphatic heterocycles. The predicted octanol–water partition coefficient (Wildman–Crippen LogP) is 0.899. The maximum atomic E-state index is 12.7. The van der Waals surface area contributed by atoms with Gasteiger partial charge in [-0.3, -0.25) is 4.79 Å². The normalized spacial score (nSPS) is 10.5. The average Bonchev–Trinajstić information content (AvgIpc) is 2.20. The van der Waals surface area contributed by atoms with Crippen LogP contribution in [0.2, 0.25) is 0 Å². The van der Waals surface area contributed by atoms with Crippen molar-refractivity contribution >= 4 is 17.6 Å². The van der Waals surface area contributed by atoms with Crippen molar-refractivity contribution in [1.29, 1.82) is 0 Å². The molecule has 0 unspecified atom stereocenters. The summed E-state index contributed by atoms with van der Waals surface area (Å²) in [6.07, 6.45) is -3.12. The third-order valence-corrected chi connectivity index (χ3v) is 1.99. The highest BCUT2D eigenvalue weighted by Crippen LogP contribution is 2.28. The molecule has 0 saturated heterocycles. The van der Waals surface area contributed by atoms with Gasteiger partial charge in [0, 0.05) is 11.1 Å². The summed E-state index contributed by atoms with van der Waals surface area (Å²) in [6.45, 7) is 0. The molecule has 0 saturated carbocycles. The van der Waals surface area contributed by atoms with Gasteiger partial charge in [-0.15, -0.1) is 0 Å². The molecule has 0 spiro atoms. The van der Waals surface area contributed by atoms with E-state index in [9.17, 15) is 13.6 Å². The summed E-state index contributed by atoms with van der Waals surface area (Å²) < 4.78 is 29.7. The fourth-order valence-corrected chi connectivity index (χ4v) is 1.24. The van der Waals surface area contributed by atoms with Gasteiger partial charge in [-0.25, -0.2) is 13.8 Å². The smallest absolute Gasteiger partial charge is 0.310 e. The summed E-state index contributed by atoms with van der Waals surface area (Å²) in [7, 11) is 1.16. The first-order chi connectivity index (χ1) is 7.45. The van der Waals surface area contributed by atoms with Crippen molar-refractivity contribution in [3.05, 3.63) is 17.2 Å². The largest absolute Gasteiger partial charge is 0.469 e. The number of hydrogen-bond acceptors (Lipinski definition) is 5. The molecule has 5 nitrogen and oxygen atoms in total. The molecule has 0 aromatic carbocycles. The monoisotopic (exact) mass is 231 g/mol. The highest BCUT2D eigenvalue weighted by Gasteiger charge is 2.19. The number of pyridine rings is 1. The lowest BCUT2D eigenvalue weighted by Crippen LogP contribution is -2.12. The van der Waals surface area contributed by atoms with Crippen LogP contribution >= 0.6 is 0 Å². The number of nitrogens with zero attached hydrogens (tertiary/aromatic N) is 1. The van der Waals surface area contributed by atoms with Gasteiger partial charge >= 0.3 is 5.97 Å². The van der Waals surface area contributed by atoms with Gasteiger partial charge in [0.2, 0.25) is 0 Å². The van der Waals surface area contributed by atoms with E-state index in [1.165, 1.54) is 0 Å². The van der Waals surface area contributed by atoms with Crippen molar-refractivity contribution in [3.8, 4) is 0 Å². The van der Waals surface area contributed by atoms with Crippen molar-refractivity contribution in [2.45, 2.75) is 12.8 Å². The summed E-state index contributed by atoms with van der Waals surface area (Å²) in [6, 6.07) is 0.999. The van der Waals surface area contributed by atoms with Crippen molar-refractivity contribution < 1.29 is 18.3 Å². The number of aromatic nitrogens is 1. The highest BCUT2D eigenvalue weighted by molar-refractivity contribution is 5.75. The first-order valence-corrected chi connectivity index (χ1v) is 4.35. The molecule has 7 heteroatoms. The Labute approximate surface area is 90.4 Å². The fourth-order valence-electron chi connectivity index (χ4n) is 1.24. The number of nitrogens with two attached hydrogens (primary N) is 2. The van der Waals surface area contributed by atoms with Crippen LogP contribution in [0.3, 0.4) is 0 Å². The summed E-state index contributed by atoms with van der Waals surface area (Å²) in [5.74, 6) is -0.956. The van der Waals surface area contributed by atoms with Crippen LogP contribution in [0.1, 0.15) is 17.6 Å². The second-order valence-corrected chi connectivity index (χ2v) is 3.05. The summed E-state index contributed by atoms with van der Waals surface area (Å²) in [5.41, 5.74) is 10.3. The minimum Gasteiger partial charge on any atom is -0.469 e. The number of ether oxygens (including phenoxy) is 1. The van der Waals surface area contributed by atoms with Gasteiger partial charge in [0.1, 0.15) is 11.6 Å². The zero-order chi connectivity index (χ0) is 12.3. The molecule has 0 amide bonds. The van der Waals surface area contributed by atoms with Crippen molar-refractivity contribution in [2.24, 2.45) is 0 Å². The number of nitrogen functional groups attached to an aromatic ring is 2. The average molecular weight is 231 g/mol. The van der Waals surface area contributed by atoms with Gasteiger partial charge in [0.15, 0.2) is 0 Å². The first kappa shape index (κ1) is 12.2. The molecular weight excluding hydrogens is 220 g/mol. The molecule has 4 N–H and O–H groups in total. The van der Waals surface area contributed by atoms with Crippen molar-refractivity contribution in [3.63, 3.8) is 0 Å². The molecule has 0 aliphatic rings. The number of halogens is 2. The number of methoxy groups -OCH3 is 1. The number of alkyl halides is 2. The molecule has 1 aromatic rings. The summed E-state index contributed by atoms with van der Waals surface area (Å²) >= 11 is 0. The Morgan fingerprint density at radius 3 is 2.69 bits per heavy atom. The van der Waals surface area contributed by atoms with E-state index in [0.29, 0.717) is 0 Å². The Kier molecular flexibility index (Phi) is 3.60. The Morgan fingerprint density at radius 1 is 1.56 bits per heavy atom. The van der Waals surface area contributed by atoms with Crippen LogP contribution in [0.4, 0.5) is 20.4 Å². The third kappa shape index (κ3) is 2.56. The van der Waals surface area contributed by atoms with Crippen molar-refractivity contribution in [2.75, 3.05) is 18.6 Å². The van der Waals surface area contributed by atoms with E-state index in [1.54, 1.807) is 0 Å². The first-order valence-electron chi connectivity index (χ1n) is 4.35. The molecular formula is C9H11F2N3O2. The topological polar surface area (TPSA) is 91.2 Å². The van der Waals surface area contributed by atoms with Crippen LogP contribution in [0.15, 0.2) is 6.07 Å².